The maximum Gasteiger partial charge on any atom is 0.306 e. The molecule has 356 valence electrons. The van der Waals surface area contributed by atoms with Crippen molar-refractivity contribution in [2.75, 3.05) is 13.2 Å². The molecule has 0 aliphatic carbocycles. The predicted molar refractivity (Wildman–Crippen MR) is 270 cm³/mol. The van der Waals surface area contributed by atoms with Gasteiger partial charge in [-0.2, -0.15) is 0 Å². The smallest absolute Gasteiger partial charge is 0.306 e. The Morgan fingerprint density at radius 2 is 0.587 bits per heavy atom. The van der Waals surface area contributed by atoms with Crippen molar-refractivity contribution in [2.45, 2.75) is 219 Å². The van der Waals surface area contributed by atoms with E-state index in [1.165, 1.54) is 51.4 Å². The van der Waals surface area contributed by atoms with Crippen LogP contribution in [0.1, 0.15) is 213 Å². The van der Waals surface area contributed by atoms with E-state index in [0.717, 1.165) is 116 Å². The van der Waals surface area contributed by atoms with E-state index in [1.54, 1.807) is 0 Å². The SMILES string of the molecule is CC/C=C\C/C=C\C/C=C\C/C=C\C/C=C\CCCC(=O)OCC(COC(=O)CCCCCCCCC/C=C\C/C=C\CC)OC(=O)CCCCCCCCC/C=C\C/C=C\CC. The second-order valence-corrected chi connectivity index (χ2v) is 16.3. The molecule has 0 aliphatic rings. The number of allylic oxidation sites excluding steroid dienone is 18. The predicted octanol–water partition coefficient (Wildman–Crippen LogP) is 16.8. The first-order chi connectivity index (χ1) is 31.0. The van der Waals surface area contributed by atoms with Gasteiger partial charge in [0.25, 0.3) is 0 Å². The van der Waals surface area contributed by atoms with Gasteiger partial charge in [-0.05, 0) is 109 Å². The van der Waals surface area contributed by atoms with Crippen LogP contribution in [0.3, 0.4) is 0 Å². The first kappa shape index (κ1) is 59.1. The van der Waals surface area contributed by atoms with Gasteiger partial charge in [0.1, 0.15) is 13.2 Å². The van der Waals surface area contributed by atoms with Crippen molar-refractivity contribution in [1.29, 1.82) is 0 Å². The Morgan fingerprint density at radius 1 is 0.317 bits per heavy atom. The zero-order valence-electron chi connectivity index (χ0n) is 40.5. The third-order valence-electron chi connectivity index (χ3n) is 10.3. The fourth-order valence-electron chi connectivity index (χ4n) is 6.55. The Bertz CT molecular complexity index is 1330. The van der Waals surface area contributed by atoms with Gasteiger partial charge < -0.3 is 14.2 Å². The zero-order chi connectivity index (χ0) is 45.8. The largest absolute Gasteiger partial charge is 0.462 e. The quantitative estimate of drug-likeness (QED) is 0.0263. The molecule has 0 fully saturated rings. The van der Waals surface area contributed by atoms with Crippen LogP contribution in [0.5, 0.6) is 0 Å². The summed E-state index contributed by atoms with van der Waals surface area (Å²) in [5.41, 5.74) is 0. The number of hydrogen-bond acceptors (Lipinski definition) is 6. The van der Waals surface area contributed by atoms with Crippen LogP contribution in [0.25, 0.3) is 0 Å². The molecule has 0 spiro atoms. The fourth-order valence-corrected chi connectivity index (χ4v) is 6.55. The monoisotopic (exact) mass is 873 g/mol. The molecular formula is C57H92O6. The lowest BCUT2D eigenvalue weighted by Crippen LogP contribution is -2.30. The van der Waals surface area contributed by atoms with Crippen LogP contribution in [0.15, 0.2) is 109 Å². The lowest BCUT2D eigenvalue weighted by molar-refractivity contribution is -0.167. The first-order valence-corrected chi connectivity index (χ1v) is 25.4. The Kier molecular flexibility index (Phi) is 47.5. The number of hydrogen-bond donors (Lipinski definition) is 0. The third-order valence-corrected chi connectivity index (χ3v) is 10.3. The van der Waals surface area contributed by atoms with Crippen LogP contribution in [-0.4, -0.2) is 37.2 Å². The topological polar surface area (TPSA) is 78.9 Å². The summed E-state index contributed by atoms with van der Waals surface area (Å²) in [6.45, 7) is 6.24. The van der Waals surface area contributed by atoms with Gasteiger partial charge in [-0.1, -0.05) is 194 Å². The summed E-state index contributed by atoms with van der Waals surface area (Å²) in [6, 6.07) is 0. The van der Waals surface area contributed by atoms with Crippen molar-refractivity contribution < 1.29 is 28.6 Å². The lowest BCUT2D eigenvalue weighted by Gasteiger charge is -2.18. The molecule has 1 unspecified atom stereocenters. The maximum absolute atomic E-state index is 12.8. The normalized spacial score (nSPS) is 13.0. The average Bonchev–Trinajstić information content (AvgIpc) is 3.28. The number of carbonyl (C=O) groups excluding carboxylic acids is 3. The maximum atomic E-state index is 12.8. The highest BCUT2D eigenvalue weighted by Gasteiger charge is 2.19. The second kappa shape index (κ2) is 50.7. The lowest BCUT2D eigenvalue weighted by atomic mass is 10.1. The van der Waals surface area contributed by atoms with Crippen LogP contribution < -0.4 is 0 Å². The first-order valence-electron chi connectivity index (χ1n) is 25.4. The van der Waals surface area contributed by atoms with Crippen molar-refractivity contribution in [3.8, 4) is 0 Å². The number of ether oxygens (including phenoxy) is 3. The molecule has 0 radical (unpaired) electrons. The number of esters is 3. The molecule has 0 aliphatic heterocycles. The van der Waals surface area contributed by atoms with Crippen LogP contribution in [0.4, 0.5) is 0 Å². The van der Waals surface area contributed by atoms with E-state index < -0.39 is 6.10 Å². The molecule has 0 bridgehead atoms. The minimum Gasteiger partial charge on any atom is -0.462 e. The number of unbranched alkanes of at least 4 members (excludes halogenated alkanes) is 15. The minimum atomic E-state index is -0.810. The highest BCUT2D eigenvalue weighted by molar-refractivity contribution is 5.71. The Hall–Kier alpha value is -3.93. The van der Waals surface area contributed by atoms with Gasteiger partial charge in [0.05, 0.1) is 0 Å². The van der Waals surface area contributed by atoms with Gasteiger partial charge in [-0.3, -0.25) is 14.4 Å². The highest BCUT2D eigenvalue weighted by atomic mass is 16.6. The van der Waals surface area contributed by atoms with E-state index in [0.29, 0.717) is 19.3 Å². The molecule has 0 amide bonds. The van der Waals surface area contributed by atoms with E-state index in [9.17, 15) is 14.4 Å². The Balaban J connectivity index is 4.51. The van der Waals surface area contributed by atoms with Crippen LogP contribution in [0, 0.1) is 0 Å². The van der Waals surface area contributed by atoms with E-state index >= 15 is 0 Å². The molecular weight excluding hydrogens is 781 g/mol. The van der Waals surface area contributed by atoms with Gasteiger partial charge >= 0.3 is 17.9 Å². The molecule has 0 saturated carbocycles. The molecule has 6 nitrogen and oxygen atoms in total. The third kappa shape index (κ3) is 49.0. The molecule has 0 aromatic carbocycles. The van der Waals surface area contributed by atoms with Gasteiger partial charge in [-0.25, -0.2) is 0 Å². The Morgan fingerprint density at radius 3 is 0.952 bits per heavy atom. The molecule has 63 heavy (non-hydrogen) atoms. The average molecular weight is 873 g/mol. The summed E-state index contributed by atoms with van der Waals surface area (Å²) in [7, 11) is 0. The van der Waals surface area contributed by atoms with Crippen molar-refractivity contribution in [3.05, 3.63) is 109 Å². The second-order valence-electron chi connectivity index (χ2n) is 16.3. The molecule has 0 aromatic heterocycles. The van der Waals surface area contributed by atoms with Gasteiger partial charge in [-0.15, -0.1) is 0 Å². The molecule has 0 saturated heterocycles. The van der Waals surface area contributed by atoms with Crippen molar-refractivity contribution in [1.82, 2.24) is 0 Å². The van der Waals surface area contributed by atoms with Gasteiger partial charge in [0.2, 0.25) is 0 Å². The fraction of sp³-hybridized carbons (Fsp3) is 0.632. The van der Waals surface area contributed by atoms with Crippen LogP contribution in [-0.2, 0) is 28.6 Å². The van der Waals surface area contributed by atoms with Crippen molar-refractivity contribution in [2.24, 2.45) is 0 Å². The summed E-state index contributed by atoms with van der Waals surface area (Å²) >= 11 is 0. The number of rotatable bonds is 44. The summed E-state index contributed by atoms with van der Waals surface area (Å²) in [5.74, 6) is -0.988. The summed E-state index contributed by atoms with van der Waals surface area (Å²) in [5, 5.41) is 0. The molecule has 0 rings (SSSR count). The zero-order valence-corrected chi connectivity index (χ0v) is 40.5. The van der Waals surface area contributed by atoms with Crippen LogP contribution >= 0.6 is 0 Å². The summed E-state index contributed by atoms with van der Waals surface area (Å²) in [4.78, 5) is 38.0. The molecule has 0 N–H and O–H groups in total. The van der Waals surface area contributed by atoms with E-state index in [-0.39, 0.29) is 37.5 Å². The standard InChI is InChI=1S/C57H92O6/c1-4-7-10-13-16-19-22-25-28-29-30-33-35-38-41-44-47-50-56(59)62-53-54(63-57(60)51-48-45-42-39-36-32-27-24-21-18-15-12-9-6-3)52-61-55(58)49-46-43-40-37-34-31-26-23-20-17-14-11-8-5-2/h7-12,16-21,25,28,30,33,38,41,54H,4-6,13-15,22-24,26-27,29,31-32,34-37,39-40,42-53H2,1-3H3/b10-7-,11-8-,12-9-,19-16-,20-17-,21-18-,28-25-,33-30-,41-38-. The molecule has 6 heteroatoms. The van der Waals surface area contributed by atoms with Crippen molar-refractivity contribution >= 4 is 17.9 Å². The van der Waals surface area contributed by atoms with Crippen LogP contribution in [0.2, 0.25) is 0 Å². The summed E-state index contributed by atoms with van der Waals surface area (Å²) in [6.07, 6.45) is 67.9. The molecule has 0 heterocycles. The van der Waals surface area contributed by atoms with Gasteiger partial charge in [0.15, 0.2) is 6.10 Å². The van der Waals surface area contributed by atoms with Gasteiger partial charge in [0, 0.05) is 19.3 Å². The minimum absolute atomic E-state index is 0.105. The van der Waals surface area contributed by atoms with E-state index in [4.69, 9.17) is 14.2 Å². The Labute approximate surface area is 387 Å². The highest BCUT2D eigenvalue weighted by Crippen LogP contribution is 2.13. The van der Waals surface area contributed by atoms with E-state index in [1.807, 2.05) is 0 Å². The number of carbonyl (C=O) groups is 3. The molecule has 0 aromatic rings. The summed E-state index contributed by atoms with van der Waals surface area (Å²) < 4.78 is 16.7. The van der Waals surface area contributed by atoms with E-state index in [2.05, 4.69) is 130 Å². The molecule has 1 atom stereocenters. The van der Waals surface area contributed by atoms with Crippen molar-refractivity contribution in [3.63, 3.8) is 0 Å².